The Bertz CT molecular complexity index is 1580. The van der Waals surface area contributed by atoms with Gasteiger partial charge in [0, 0.05) is 25.2 Å². The number of hydrogen-bond acceptors (Lipinski definition) is 6. The van der Waals surface area contributed by atoms with Crippen molar-refractivity contribution in [3.8, 4) is 0 Å². The van der Waals surface area contributed by atoms with E-state index < -0.39 is 10.0 Å². The van der Waals surface area contributed by atoms with Crippen molar-refractivity contribution in [3.63, 3.8) is 0 Å². The van der Waals surface area contributed by atoms with E-state index in [1.54, 1.807) is 12.1 Å². The predicted octanol–water partition coefficient (Wildman–Crippen LogP) is 5.26. The first-order valence-electron chi connectivity index (χ1n) is 13.1. The Morgan fingerprint density at radius 2 is 1.77 bits per heavy atom. The average Bonchev–Trinajstić information content (AvgIpc) is 3.09. The predicted molar refractivity (Wildman–Crippen MR) is 157 cm³/mol. The van der Waals surface area contributed by atoms with Crippen LogP contribution in [0.4, 0.5) is 5.69 Å². The Balaban J connectivity index is 1.24. The fourth-order valence-electron chi connectivity index (χ4n) is 4.50. The number of nitrogens with one attached hydrogen (secondary N) is 2. The molecule has 1 amide bonds. The molecular weight excluding hydrogens is 530 g/mol. The smallest absolute Gasteiger partial charge is 0.262 e. The highest BCUT2D eigenvalue weighted by atomic mass is 32.2. The van der Waals surface area contributed by atoms with Gasteiger partial charge in [-0.3, -0.25) is 14.5 Å². The number of aryl methyl sites for hydroxylation is 2. The second-order valence-electron chi connectivity index (χ2n) is 9.38. The summed E-state index contributed by atoms with van der Waals surface area (Å²) < 4.78 is 30.6. The molecule has 0 saturated carbocycles. The Kier molecular flexibility index (Phi) is 8.63. The number of para-hydroxylation sites is 2. The van der Waals surface area contributed by atoms with Crippen LogP contribution < -0.4 is 10.0 Å². The highest BCUT2D eigenvalue weighted by Gasteiger charge is 2.18. The summed E-state index contributed by atoms with van der Waals surface area (Å²) >= 11 is 1.36. The number of benzene rings is 3. The molecule has 39 heavy (non-hydrogen) atoms. The Morgan fingerprint density at radius 3 is 2.64 bits per heavy atom. The Labute approximate surface area is 233 Å². The molecule has 0 atom stereocenters. The second-order valence-corrected chi connectivity index (χ2v) is 12.0. The minimum Gasteiger partial charge on any atom is -0.325 e. The summed E-state index contributed by atoms with van der Waals surface area (Å²) in [5, 5.41) is 3.60. The molecule has 1 aromatic heterocycles. The highest BCUT2D eigenvalue weighted by Crippen LogP contribution is 2.25. The number of anilines is 1. The summed E-state index contributed by atoms with van der Waals surface area (Å²) in [4.78, 5) is 22.1. The maximum atomic E-state index is 12.9. The van der Waals surface area contributed by atoms with E-state index in [0.717, 1.165) is 48.4 Å². The number of amidine groups is 1. The molecule has 0 bridgehead atoms. The first kappa shape index (κ1) is 27.0. The lowest BCUT2D eigenvalue weighted by Gasteiger charge is -2.12. The van der Waals surface area contributed by atoms with Crippen molar-refractivity contribution in [1.82, 2.24) is 14.3 Å². The van der Waals surface area contributed by atoms with E-state index in [4.69, 9.17) is 4.98 Å². The van der Waals surface area contributed by atoms with E-state index in [1.165, 1.54) is 29.5 Å². The highest BCUT2D eigenvalue weighted by molar-refractivity contribution is 7.99. The zero-order chi connectivity index (χ0) is 27.1. The van der Waals surface area contributed by atoms with Crippen LogP contribution in [0, 0.1) is 0 Å². The van der Waals surface area contributed by atoms with E-state index in [2.05, 4.69) is 31.7 Å². The van der Waals surface area contributed by atoms with Gasteiger partial charge in [-0.1, -0.05) is 66.7 Å². The maximum Gasteiger partial charge on any atom is 0.262 e. The van der Waals surface area contributed by atoms with E-state index >= 15 is 0 Å². The first-order valence-corrected chi connectivity index (χ1v) is 15.5. The topological polar surface area (TPSA) is 105 Å². The fraction of sp³-hybridized carbons (Fsp3) is 0.276. The molecule has 3 aromatic carbocycles. The quantitative estimate of drug-likeness (QED) is 0.271. The third-order valence-electron chi connectivity index (χ3n) is 6.47. The van der Waals surface area contributed by atoms with Crippen molar-refractivity contribution in [2.24, 2.45) is 4.99 Å². The SMILES string of the molecule is O=C(CSc1nc2ccccc2n1CCc1ccccc1)Nc1cccc(S(=O)(=O)NC2=NCCCCC2)c1. The zero-order valence-corrected chi connectivity index (χ0v) is 23.2. The van der Waals surface area contributed by atoms with Gasteiger partial charge in [0.1, 0.15) is 5.84 Å². The summed E-state index contributed by atoms with van der Waals surface area (Å²) in [7, 11) is -3.79. The van der Waals surface area contributed by atoms with Gasteiger partial charge in [-0.2, -0.15) is 0 Å². The molecule has 0 saturated heterocycles. The number of imidazole rings is 1. The number of hydrogen-bond donors (Lipinski definition) is 2. The lowest BCUT2D eigenvalue weighted by atomic mass is 10.1. The van der Waals surface area contributed by atoms with Gasteiger partial charge in [0.15, 0.2) is 5.16 Å². The van der Waals surface area contributed by atoms with Crippen LogP contribution >= 0.6 is 11.8 Å². The average molecular weight is 562 g/mol. The van der Waals surface area contributed by atoms with Gasteiger partial charge in [0.05, 0.1) is 21.7 Å². The van der Waals surface area contributed by atoms with Gasteiger partial charge < -0.3 is 9.88 Å². The lowest BCUT2D eigenvalue weighted by molar-refractivity contribution is -0.113. The summed E-state index contributed by atoms with van der Waals surface area (Å²) in [6, 6.07) is 24.5. The summed E-state index contributed by atoms with van der Waals surface area (Å²) in [6.45, 7) is 1.37. The maximum absolute atomic E-state index is 12.9. The molecular formula is C29H31N5O3S2. The lowest BCUT2D eigenvalue weighted by Crippen LogP contribution is -2.30. The van der Waals surface area contributed by atoms with Gasteiger partial charge in [0.25, 0.3) is 10.0 Å². The molecule has 8 nitrogen and oxygen atoms in total. The van der Waals surface area contributed by atoms with Crippen LogP contribution in [-0.4, -0.2) is 42.0 Å². The van der Waals surface area contributed by atoms with Crippen molar-refractivity contribution in [2.75, 3.05) is 17.6 Å². The van der Waals surface area contributed by atoms with Gasteiger partial charge >= 0.3 is 0 Å². The molecule has 1 aliphatic rings. The van der Waals surface area contributed by atoms with Gasteiger partial charge in [-0.15, -0.1) is 0 Å². The monoisotopic (exact) mass is 561 g/mol. The molecule has 0 fully saturated rings. The van der Waals surface area contributed by atoms with Crippen molar-refractivity contribution in [1.29, 1.82) is 0 Å². The molecule has 2 heterocycles. The van der Waals surface area contributed by atoms with Crippen LogP contribution in [0.3, 0.4) is 0 Å². The van der Waals surface area contributed by atoms with Crippen LogP contribution in [0.2, 0.25) is 0 Å². The largest absolute Gasteiger partial charge is 0.325 e. The molecule has 202 valence electrons. The Hall–Kier alpha value is -3.63. The van der Waals surface area contributed by atoms with Crippen molar-refractivity contribution in [2.45, 2.75) is 48.7 Å². The molecule has 2 N–H and O–H groups in total. The van der Waals surface area contributed by atoms with E-state index in [1.807, 2.05) is 42.5 Å². The molecule has 4 aromatic rings. The molecule has 0 radical (unpaired) electrons. The van der Waals surface area contributed by atoms with Crippen molar-refractivity contribution < 1.29 is 13.2 Å². The Morgan fingerprint density at radius 1 is 0.949 bits per heavy atom. The molecule has 0 spiro atoms. The van der Waals surface area contributed by atoms with Gasteiger partial charge in [-0.05, 0) is 55.2 Å². The molecule has 1 aliphatic heterocycles. The summed E-state index contributed by atoms with van der Waals surface area (Å²) in [5.41, 5.74) is 3.57. The number of sulfonamides is 1. The van der Waals surface area contributed by atoms with E-state index in [-0.39, 0.29) is 16.6 Å². The van der Waals surface area contributed by atoms with Gasteiger partial charge in [0.2, 0.25) is 5.91 Å². The third kappa shape index (κ3) is 7.07. The number of rotatable bonds is 9. The second kappa shape index (κ2) is 12.5. The van der Waals surface area contributed by atoms with Crippen molar-refractivity contribution >= 4 is 50.2 Å². The number of carbonyl (C=O) groups is 1. The number of carbonyl (C=O) groups excluding carboxylic acids is 1. The summed E-state index contributed by atoms with van der Waals surface area (Å²) in [6.07, 6.45) is 4.38. The minimum absolute atomic E-state index is 0.0857. The number of aromatic nitrogens is 2. The van der Waals surface area contributed by atoms with Gasteiger partial charge in [-0.25, -0.2) is 13.4 Å². The van der Waals surface area contributed by atoms with E-state index in [0.29, 0.717) is 24.5 Å². The number of thioether (sulfide) groups is 1. The van der Waals surface area contributed by atoms with Crippen LogP contribution in [0.1, 0.15) is 31.2 Å². The van der Waals surface area contributed by atoms with Crippen LogP contribution in [0.15, 0.2) is 93.9 Å². The third-order valence-corrected chi connectivity index (χ3v) is 8.83. The summed E-state index contributed by atoms with van der Waals surface area (Å²) in [5.74, 6) is 0.395. The zero-order valence-electron chi connectivity index (χ0n) is 21.5. The standard InChI is InChI=1S/C29H31N5O3S2/c35-28(31-23-12-9-13-24(20-23)39(36,37)33-27-16-5-2-8-18-30-27)21-38-29-32-25-14-6-7-15-26(25)34(29)19-17-22-10-3-1-4-11-22/h1,3-4,6-7,9-15,20H,2,5,8,16-19,21H2,(H,30,33)(H,31,35). The fourth-order valence-corrected chi connectivity index (χ4v) is 6.48. The number of nitrogens with zero attached hydrogens (tertiary/aromatic N) is 3. The van der Waals surface area contributed by atoms with Crippen LogP contribution in [0.25, 0.3) is 11.0 Å². The van der Waals surface area contributed by atoms with Crippen LogP contribution in [-0.2, 0) is 27.8 Å². The van der Waals surface area contributed by atoms with E-state index in [9.17, 15) is 13.2 Å². The van der Waals surface area contributed by atoms with Crippen LogP contribution in [0.5, 0.6) is 0 Å². The number of amides is 1. The number of aliphatic imine (C=N–C) groups is 1. The number of fused-ring (bicyclic) bond motifs is 1. The molecule has 0 unspecified atom stereocenters. The first-order chi connectivity index (χ1) is 19.0. The molecule has 10 heteroatoms. The normalized spacial score (nSPS) is 14.0. The minimum atomic E-state index is -3.79. The molecule has 0 aliphatic carbocycles. The molecule has 5 rings (SSSR count). The van der Waals surface area contributed by atoms with Crippen molar-refractivity contribution in [3.05, 3.63) is 84.4 Å².